The molecule has 3 heteroatoms. The Labute approximate surface area is 136 Å². The van der Waals surface area contributed by atoms with Gasteiger partial charge in [-0.1, -0.05) is 54.1 Å². The molecule has 1 amide bonds. The Balaban J connectivity index is 1.80. The Kier molecular flexibility index (Phi) is 4.49. The van der Waals surface area contributed by atoms with Gasteiger partial charge in [0.1, 0.15) is 0 Å². The topological polar surface area (TPSA) is 20.3 Å². The van der Waals surface area contributed by atoms with Crippen molar-refractivity contribution in [3.8, 4) is 0 Å². The van der Waals surface area contributed by atoms with Gasteiger partial charge < -0.3 is 4.90 Å². The third-order valence-electron chi connectivity index (χ3n) is 4.42. The third kappa shape index (κ3) is 3.02. The van der Waals surface area contributed by atoms with E-state index in [0.717, 1.165) is 24.9 Å². The van der Waals surface area contributed by atoms with Gasteiger partial charge >= 0.3 is 0 Å². The van der Waals surface area contributed by atoms with Gasteiger partial charge in [0.25, 0.3) is 0 Å². The van der Waals surface area contributed by atoms with Gasteiger partial charge in [0.15, 0.2) is 0 Å². The van der Waals surface area contributed by atoms with Crippen molar-refractivity contribution in [3.05, 3.63) is 70.2 Å². The summed E-state index contributed by atoms with van der Waals surface area (Å²) in [4.78, 5) is 14.7. The Morgan fingerprint density at radius 1 is 1.18 bits per heavy atom. The van der Waals surface area contributed by atoms with Crippen LogP contribution in [0.1, 0.15) is 35.6 Å². The summed E-state index contributed by atoms with van der Waals surface area (Å²) in [5.41, 5.74) is 3.43. The summed E-state index contributed by atoms with van der Waals surface area (Å²) >= 11 is 6.18. The van der Waals surface area contributed by atoms with Crippen LogP contribution in [0, 0.1) is 6.92 Å². The van der Waals surface area contributed by atoms with Crippen LogP contribution in [0.3, 0.4) is 0 Å². The Morgan fingerprint density at radius 2 is 1.91 bits per heavy atom. The first-order valence-corrected chi connectivity index (χ1v) is 8.13. The van der Waals surface area contributed by atoms with Crippen LogP contribution >= 0.6 is 11.6 Å². The lowest BCUT2D eigenvalue weighted by molar-refractivity contribution is -0.131. The molecule has 1 atom stereocenters. The van der Waals surface area contributed by atoms with Crippen molar-refractivity contribution in [1.29, 1.82) is 0 Å². The van der Waals surface area contributed by atoms with Crippen LogP contribution in [0.25, 0.3) is 0 Å². The Morgan fingerprint density at radius 3 is 2.68 bits per heavy atom. The molecule has 2 aromatic carbocycles. The lowest BCUT2D eigenvalue weighted by atomic mass is 9.99. The molecule has 114 valence electrons. The quantitative estimate of drug-likeness (QED) is 0.813. The molecule has 22 heavy (non-hydrogen) atoms. The van der Waals surface area contributed by atoms with E-state index >= 15 is 0 Å². The zero-order valence-electron chi connectivity index (χ0n) is 12.8. The van der Waals surface area contributed by atoms with E-state index in [2.05, 4.69) is 25.1 Å². The van der Waals surface area contributed by atoms with E-state index in [0.29, 0.717) is 11.4 Å². The first-order valence-electron chi connectivity index (χ1n) is 7.75. The van der Waals surface area contributed by atoms with Crippen LogP contribution in [0.15, 0.2) is 48.5 Å². The van der Waals surface area contributed by atoms with E-state index in [1.807, 2.05) is 35.2 Å². The van der Waals surface area contributed by atoms with E-state index in [4.69, 9.17) is 11.6 Å². The van der Waals surface area contributed by atoms with E-state index in [1.54, 1.807) is 0 Å². The summed E-state index contributed by atoms with van der Waals surface area (Å²) in [7, 11) is 0. The predicted molar refractivity (Wildman–Crippen MR) is 90.0 cm³/mol. The predicted octanol–water partition coefficient (Wildman–Crippen LogP) is 4.55. The Hall–Kier alpha value is -1.80. The van der Waals surface area contributed by atoms with Crippen LogP contribution in [-0.4, -0.2) is 17.4 Å². The molecule has 0 unspecified atom stereocenters. The molecule has 1 aliphatic heterocycles. The summed E-state index contributed by atoms with van der Waals surface area (Å²) in [6, 6.07) is 16.1. The molecule has 3 rings (SSSR count). The highest BCUT2D eigenvalue weighted by molar-refractivity contribution is 6.31. The van der Waals surface area contributed by atoms with Crippen LogP contribution in [0.4, 0.5) is 0 Å². The summed E-state index contributed by atoms with van der Waals surface area (Å²) in [6.07, 6.45) is 2.48. The Bertz CT molecular complexity index is 683. The van der Waals surface area contributed by atoms with Crippen molar-refractivity contribution in [2.45, 2.75) is 32.2 Å². The summed E-state index contributed by atoms with van der Waals surface area (Å²) < 4.78 is 0. The van der Waals surface area contributed by atoms with Crippen molar-refractivity contribution in [2.24, 2.45) is 0 Å². The van der Waals surface area contributed by atoms with Crippen LogP contribution in [0.2, 0.25) is 5.02 Å². The number of likely N-dealkylation sites (tertiary alicyclic amines) is 1. The van der Waals surface area contributed by atoms with Crippen molar-refractivity contribution >= 4 is 17.5 Å². The van der Waals surface area contributed by atoms with Crippen molar-refractivity contribution in [2.75, 3.05) is 6.54 Å². The molecule has 2 aromatic rings. The number of carbonyl (C=O) groups excluding carboxylic acids is 1. The molecule has 0 N–H and O–H groups in total. The van der Waals surface area contributed by atoms with Gasteiger partial charge in [0, 0.05) is 11.6 Å². The summed E-state index contributed by atoms with van der Waals surface area (Å²) in [5, 5.41) is 0.669. The van der Waals surface area contributed by atoms with Crippen LogP contribution in [0.5, 0.6) is 0 Å². The number of hydrogen-bond acceptors (Lipinski definition) is 1. The highest BCUT2D eigenvalue weighted by Crippen LogP contribution is 2.34. The SMILES string of the molecule is Cc1ccccc1[C@H]1CCCN1C(=O)Cc1ccccc1Cl. The third-order valence-corrected chi connectivity index (χ3v) is 4.79. The number of hydrogen-bond donors (Lipinski definition) is 0. The number of halogens is 1. The molecule has 1 heterocycles. The van der Waals surface area contributed by atoms with Gasteiger partial charge in [-0.15, -0.1) is 0 Å². The maximum Gasteiger partial charge on any atom is 0.227 e. The lowest BCUT2D eigenvalue weighted by Crippen LogP contribution is -2.32. The fourth-order valence-corrected chi connectivity index (χ4v) is 3.46. The second kappa shape index (κ2) is 6.53. The minimum Gasteiger partial charge on any atom is -0.335 e. The largest absolute Gasteiger partial charge is 0.335 e. The second-order valence-electron chi connectivity index (χ2n) is 5.87. The molecule has 0 radical (unpaired) electrons. The molecule has 0 aromatic heterocycles. The molecule has 1 saturated heterocycles. The van der Waals surface area contributed by atoms with E-state index in [-0.39, 0.29) is 11.9 Å². The highest BCUT2D eigenvalue weighted by Gasteiger charge is 2.30. The van der Waals surface area contributed by atoms with Gasteiger partial charge in [-0.25, -0.2) is 0 Å². The second-order valence-corrected chi connectivity index (χ2v) is 6.28. The van der Waals surface area contributed by atoms with Crippen molar-refractivity contribution in [3.63, 3.8) is 0 Å². The number of aryl methyl sites for hydroxylation is 1. The molecule has 0 aliphatic carbocycles. The highest BCUT2D eigenvalue weighted by atomic mass is 35.5. The number of rotatable bonds is 3. The molecule has 1 aliphatic rings. The fraction of sp³-hybridized carbons (Fsp3) is 0.316. The maximum atomic E-state index is 12.7. The number of nitrogens with zero attached hydrogens (tertiary/aromatic N) is 1. The molecule has 0 spiro atoms. The zero-order chi connectivity index (χ0) is 15.5. The van der Waals surface area contributed by atoms with Crippen LogP contribution < -0.4 is 0 Å². The zero-order valence-corrected chi connectivity index (χ0v) is 13.5. The minimum atomic E-state index is 0.166. The van der Waals surface area contributed by atoms with E-state index < -0.39 is 0 Å². The van der Waals surface area contributed by atoms with Gasteiger partial charge in [0.05, 0.1) is 12.5 Å². The average molecular weight is 314 g/mol. The number of carbonyl (C=O) groups is 1. The van der Waals surface area contributed by atoms with Crippen molar-refractivity contribution < 1.29 is 4.79 Å². The minimum absolute atomic E-state index is 0.166. The summed E-state index contributed by atoms with van der Waals surface area (Å²) in [6.45, 7) is 2.95. The normalized spacial score (nSPS) is 17.7. The lowest BCUT2D eigenvalue weighted by Gasteiger charge is -2.26. The molecule has 1 fully saturated rings. The van der Waals surface area contributed by atoms with Gasteiger partial charge in [-0.3, -0.25) is 4.79 Å². The van der Waals surface area contributed by atoms with Gasteiger partial charge in [0.2, 0.25) is 5.91 Å². The van der Waals surface area contributed by atoms with Gasteiger partial charge in [-0.05, 0) is 42.5 Å². The monoisotopic (exact) mass is 313 g/mol. The molecule has 0 saturated carbocycles. The fourth-order valence-electron chi connectivity index (χ4n) is 3.26. The number of amides is 1. The van der Waals surface area contributed by atoms with Gasteiger partial charge in [-0.2, -0.15) is 0 Å². The molecule has 2 nitrogen and oxygen atoms in total. The molecule has 0 bridgehead atoms. The smallest absolute Gasteiger partial charge is 0.227 e. The molecular formula is C19H20ClNO. The first kappa shape index (κ1) is 15.1. The molecular weight excluding hydrogens is 294 g/mol. The van der Waals surface area contributed by atoms with Crippen LogP contribution in [-0.2, 0) is 11.2 Å². The first-order chi connectivity index (χ1) is 10.7. The number of benzene rings is 2. The summed E-state index contributed by atoms with van der Waals surface area (Å²) in [5.74, 6) is 0.166. The maximum absolute atomic E-state index is 12.7. The average Bonchev–Trinajstić information content (AvgIpc) is 2.99. The van der Waals surface area contributed by atoms with E-state index in [9.17, 15) is 4.79 Å². The standard InChI is InChI=1S/C19H20ClNO/c1-14-7-2-4-9-16(14)18-11-6-12-21(18)19(22)13-15-8-3-5-10-17(15)20/h2-5,7-10,18H,6,11-13H2,1H3/t18-/m1/s1. The van der Waals surface area contributed by atoms with E-state index in [1.165, 1.54) is 11.1 Å². The van der Waals surface area contributed by atoms with Crippen molar-refractivity contribution in [1.82, 2.24) is 4.90 Å².